The Hall–Kier alpha value is -1.85. The summed E-state index contributed by atoms with van der Waals surface area (Å²) in [5.74, 6) is 0. The van der Waals surface area contributed by atoms with Gasteiger partial charge in [-0.2, -0.15) is 0 Å². The van der Waals surface area contributed by atoms with Crippen molar-refractivity contribution in [2.45, 2.75) is 6.54 Å². The lowest BCUT2D eigenvalue weighted by molar-refractivity contribution is -0.385. The molecule has 0 atom stereocenters. The van der Waals surface area contributed by atoms with E-state index in [1.54, 1.807) is 18.2 Å². The average Bonchev–Trinajstić information content (AvgIpc) is 2.36. The third-order valence-corrected chi connectivity index (χ3v) is 3.25. The van der Waals surface area contributed by atoms with Crippen LogP contribution in [-0.4, -0.2) is 9.49 Å². The summed E-state index contributed by atoms with van der Waals surface area (Å²) < 4.78 is 1.25. The van der Waals surface area contributed by atoms with Crippen LogP contribution in [0.3, 0.4) is 0 Å². The van der Waals surface area contributed by atoms with E-state index in [0.29, 0.717) is 10.0 Å². The SMILES string of the molecule is O=c1ccc([N+](=O)[O-])cn1Cc1ccc(Cl)c(Cl)c1. The Balaban J connectivity index is 2.37. The normalized spacial score (nSPS) is 10.4. The smallest absolute Gasteiger partial charge is 0.285 e. The maximum absolute atomic E-state index is 11.6. The van der Waals surface area contributed by atoms with Crippen LogP contribution in [-0.2, 0) is 6.54 Å². The van der Waals surface area contributed by atoms with Crippen LogP contribution in [0.5, 0.6) is 0 Å². The van der Waals surface area contributed by atoms with Crippen molar-refractivity contribution in [3.05, 3.63) is 72.6 Å². The second kappa shape index (κ2) is 5.42. The van der Waals surface area contributed by atoms with Gasteiger partial charge in [-0.25, -0.2) is 0 Å². The number of nitrogens with zero attached hydrogens (tertiary/aromatic N) is 2. The van der Waals surface area contributed by atoms with Crippen molar-refractivity contribution in [1.29, 1.82) is 0 Å². The van der Waals surface area contributed by atoms with Crippen LogP contribution in [0.15, 0.2) is 41.3 Å². The van der Waals surface area contributed by atoms with Crippen molar-refractivity contribution in [3.8, 4) is 0 Å². The number of pyridine rings is 1. The number of hydrogen-bond donors (Lipinski definition) is 0. The van der Waals surface area contributed by atoms with Gasteiger partial charge in [0.15, 0.2) is 0 Å². The van der Waals surface area contributed by atoms with Gasteiger partial charge in [-0.05, 0) is 17.7 Å². The van der Waals surface area contributed by atoms with Crippen molar-refractivity contribution in [3.63, 3.8) is 0 Å². The van der Waals surface area contributed by atoms with Crippen LogP contribution in [0.4, 0.5) is 5.69 Å². The highest BCUT2D eigenvalue weighted by molar-refractivity contribution is 6.42. The Kier molecular flexibility index (Phi) is 3.87. The molecule has 0 saturated heterocycles. The van der Waals surface area contributed by atoms with Crippen molar-refractivity contribution in [1.82, 2.24) is 4.57 Å². The topological polar surface area (TPSA) is 65.1 Å². The molecule has 0 spiro atoms. The Bertz CT molecular complexity index is 698. The maximum Gasteiger partial charge on any atom is 0.285 e. The molecule has 2 rings (SSSR count). The standard InChI is InChI=1S/C12H8Cl2N2O3/c13-10-3-1-8(5-11(10)14)6-15-7-9(16(18)19)2-4-12(15)17/h1-5,7H,6H2. The van der Waals surface area contributed by atoms with Gasteiger partial charge in [0.25, 0.3) is 11.2 Å². The highest BCUT2D eigenvalue weighted by atomic mass is 35.5. The number of benzene rings is 1. The summed E-state index contributed by atoms with van der Waals surface area (Å²) in [6.45, 7) is 0.192. The average molecular weight is 299 g/mol. The molecule has 0 fully saturated rings. The summed E-state index contributed by atoms with van der Waals surface area (Å²) >= 11 is 11.7. The van der Waals surface area contributed by atoms with E-state index in [1.165, 1.54) is 16.8 Å². The summed E-state index contributed by atoms with van der Waals surface area (Å²) in [7, 11) is 0. The Labute approximate surface area is 118 Å². The Morgan fingerprint density at radius 3 is 2.53 bits per heavy atom. The van der Waals surface area contributed by atoms with E-state index >= 15 is 0 Å². The first kappa shape index (κ1) is 13.6. The number of nitro groups is 1. The molecule has 2 aromatic rings. The molecule has 98 valence electrons. The molecule has 0 amide bonds. The molecule has 0 aliphatic heterocycles. The van der Waals surface area contributed by atoms with Crippen molar-refractivity contribution in [2.75, 3.05) is 0 Å². The Morgan fingerprint density at radius 2 is 1.89 bits per heavy atom. The maximum atomic E-state index is 11.6. The van der Waals surface area contributed by atoms with E-state index in [4.69, 9.17) is 23.2 Å². The highest BCUT2D eigenvalue weighted by Gasteiger charge is 2.08. The largest absolute Gasteiger partial charge is 0.304 e. The van der Waals surface area contributed by atoms with E-state index in [1.807, 2.05) is 0 Å². The molecule has 0 aliphatic rings. The second-order valence-corrected chi connectivity index (χ2v) is 4.67. The van der Waals surface area contributed by atoms with Crippen LogP contribution in [0.2, 0.25) is 10.0 Å². The third-order valence-electron chi connectivity index (χ3n) is 2.52. The number of aromatic nitrogens is 1. The minimum Gasteiger partial charge on any atom is -0.304 e. The first-order valence-corrected chi connectivity index (χ1v) is 6.02. The van der Waals surface area contributed by atoms with E-state index in [2.05, 4.69) is 0 Å². The fraction of sp³-hybridized carbons (Fsp3) is 0.0833. The fourth-order valence-electron chi connectivity index (χ4n) is 1.58. The highest BCUT2D eigenvalue weighted by Crippen LogP contribution is 2.23. The molecule has 0 saturated carbocycles. The van der Waals surface area contributed by atoms with Crippen LogP contribution < -0.4 is 5.56 Å². The molecule has 0 aliphatic carbocycles. The summed E-state index contributed by atoms with van der Waals surface area (Å²) in [6, 6.07) is 7.28. The molecule has 0 N–H and O–H groups in total. The first-order valence-electron chi connectivity index (χ1n) is 5.26. The predicted molar refractivity (Wildman–Crippen MR) is 72.9 cm³/mol. The van der Waals surface area contributed by atoms with Crippen molar-refractivity contribution < 1.29 is 4.92 Å². The molecular weight excluding hydrogens is 291 g/mol. The van der Waals surface area contributed by atoms with Crippen LogP contribution in [0, 0.1) is 10.1 Å². The molecule has 1 aromatic heterocycles. The number of rotatable bonds is 3. The molecule has 5 nitrogen and oxygen atoms in total. The van der Waals surface area contributed by atoms with Crippen LogP contribution >= 0.6 is 23.2 Å². The zero-order valence-corrected chi connectivity index (χ0v) is 11.1. The van der Waals surface area contributed by atoms with Crippen LogP contribution in [0.1, 0.15) is 5.56 Å². The van der Waals surface area contributed by atoms with E-state index < -0.39 is 4.92 Å². The van der Waals surface area contributed by atoms with Gasteiger partial charge in [-0.3, -0.25) is 14.9 Å². The molecule has 19 heavy (non-hydrogen) atoms. The fourth-order valence-corrected chi connectivity index (χ4v) is 1.91. The predicted octanol–water partition coefficient (Wildman–Crippen LogP) is 3.11. The van der Waals surface area contributed by atoms with E-state index in [0.717, 1.165) is 11.6 Å². The van der Waals surface area contributed by atoms with Gasteiger partial charge < -0.3 is 4.57 Å². The van der Waals surface area contributed by atoms with Crippen molar-refractivity contribution >= 4 is 28.9 Å². The monoisotopic (exact) mass is 298 g/mol. The zero-order valence-electron chi connectivity index (χ0n) is 9.55. The van der Waals surface area contributed by atoms with Gasteiger partial charge in [-0.15, -0.1) is 0 Å². The van der Waals surface area contributed by atoms with Gasteiger partial charge in [-0.1, -0.05) is 29.3 Å². The van der Waals surface area contributed by atoms with E-state index in [-0.39, 0.29) is 17.8 Å². The van der Waals surface area contributed by atoms with Crippen LogP contribution in [0.25, 0.3) is 0 Å². The third kappa shape index (κ3) is 3.13. The summed E-state index contributed by atoms with van der Waals surface area (Å²) in [5, 5.41) is 11.5. The van der Waals surface area contributed by atoms with Gasteiger partial charge in [0.1, 0.15) is 0 Å². The summed E-state index contributed by atoms with van der Waals surface area (Å²) in [6.07, 6.45) is 1.20. The number of halogens is 2. The molecule has 0 unspecified atom stereocenters. The molecule has 0 bridgehead atoms. The summed E-state index contributed by atoms with van der Waals surface area (Å²) in [4.78, 5) is 21.7. The van der Waals surface area contributed by atoms with Gasteiger partial charge in [0.2, 0.25) is 0 Å². The van der Waals surface area contributed by atoms with E-state index in [9.17, 15) is 14.9 Å². The van der Waals surface area contributed by atoms with Crippen molar-refractivity contribution in [2.24, 2.45) is 0 Å². The lowest BCUT2D eigenvalue weighted by Crippen LogP contribution is -2.19. The molecule has 7 heteroatoms. The number of hydrogen-bond acceptors (Lipinski definition) is 3. The molecule has 1 heterocycles. The minimum atomic E-state index is -0.551. The lowest BCUT2D eigenvalue weighted by atomic mass is 10.2. The summed E-state index contributed by atoms with van der Waals surface area (Å²) in [5.41, 5.74) is 0.272. The minimum absolute atomic E-state index is 0.139. The first-order chi connectivity index (χ1) is 8.97. The molecule has 1 aromatic carbocycles. The Morgan fingerprint density at radius 1 is 1.16 bits per heavy atom. The quantitative estimate of drug-likeness (QED) is 0.646. The van der Waals surface area contributed by atoms with Gasteiger partial charge in [0, 0.05) is 12.1 Å². The van der Waals surface area contributed by atoms with Gasteiger partial charge >= 0.3 is 0 Å². The molecule has 0 radical (unpaired) electrons. The van der Waals surface area contributed by atoms with Gasteiger partial charge in [0.05, 0.1) is 27.7 Å². The lowest BCUT2D eigenvalue weighted by Gasteiger charge is -2.06. The zero-order chi connectivity index (χ0) is 14.0. The molecular formula is C12H8Cl2N2O3. The second-order valence-electron chi connectivity index (χ2n) is 3.86.